The van der Waals surface area contributed by atoms with E-state index in [9.17, 15) is 13.5 Å². The fourth-order valence-electron chi connectivity index (χ4n) is 6.85. The molecule has 1 N–H and O–H groups in total. The monoisotopic (exact) mass is 729 g/mol. The smallest absolute Gasteiger partial charge is 0.261 e. The van der Waals surface area contributed by atoms with Crippen molar-refractivity contribution < 1.29 is 27.4 Å². The van der Waals surface area contributed by atoms with Crippen molar-refractivity contribution in [2.24, 2.45) is 5.92 Å². The van der Waals surface area contributed by atoms with Gasteiger partial charge in [-0.25, -0.2) is 8.42 Å². The quantitative estimate of drug-likeness (QED) is 0.0804. The van der Waals surface area contributed by atoms with Crippen LogP contribution in [-0.2, 0) is 27.5 Å². The number of methoxy groups -OCH3 is 2. The molecule has 4 aromatic rings. The van der Waals surface area contributed by atoms with E-state index in [0.29, 0.717) is 30.9 Å². The fraction of sp³-hybridized carbons (Fsp3) is 0.381. The van der Waals surface area contributed by atoms with Crippen LogP contribution in [-0.4, -0.2) is 58.3 Å². The van der Waals surface area contributed by atoms with Gasteiger partial charge in [-0.2, -0.15) is 4.31 Å². The average molecular weight is 730 g/mol. The Labute approximate surface area is 307 Å². The third kappa shape index (κ3) is 9.99. The Balaban J connectivity index is 1.62. The lowest BCUT2D eigenvalue weighted by atomic mass is 9.98. The summed E-state index contributed by atoms with van der Waals surface area (Å²) in [5.74, 6) is 1.11. The van der Waals surface area contributed by atoms with E-state index in [4.69, 9.17) is 13.9 Å². The zero-order chi connectivity index (χ0) is 37.1. The van der Waals surface area contributed by atoms with E-state index in [-0.39, 0.29) is 30.5 Å². The second kappa shape index (κ2) is 18.2. The van der Waals surface area contributed by atoms with Gasteiger partial charge in [0.15, 0.2) is 0 Å². The van der Waals surface area contributed by atoms with Crippen LogP contribution < -0.4 is 19.8 Å². The first-order valence-electron chi connectivity index (χ1n) is 17.6. The Bertz CT molecular complexity index is 1650. The lowest BCUT2D eigenvalue weighted by Crippen LogP contribution is -2.66. The maximum atomic E-state index is 14.8. The highest BCUT2D eigenvalue weighted by molar-refractivity contribution is 7.89. The van der Waals surface area contributed by atoms with Crippen molar-refractivity contribution >= 4 is 28.7 Å². The van der Waals surface area contributed by atoms with Gasteiger partial charge in [0.25, 0.3) is 8.32 Å². The Hall–Kier alpha value is -3.73. The second-order valence-corrected chi connectivity index (χ2v) is 20.7. The molecular weight excluding hydrogens is 675 g/mol. The minimum Gasteiger partial charge on any atom is -0.497 e. The molecular formula is C42H55NO6SSi. The van der Waals surface area contributed by atoms with Crippen molar-refractivity contribution in [2.75, 3.05) is 20.8 Å². The molecule has 0 radical (unpaired) electrons. The summed E-state index contributed by atoms with van der Waals surface area (Å²) in [6, 6.07) is 35.6. The van der Waals surface area contributed by atoms with E-state index >= 15 is 0 Å². The van der Waals surface area contributed by atoms with Gasteiger partial charge in [-0.05, 0) is 76.0 Å². The third-order valence-electron chi connectivity index (χ3n) is 9.64. The Morgan fingerprint density at radius 3 is 1.63 bits per heavy atom. The number of nitrogens with zero attached hydrogens (tertiary/aromatic N) is 1. The molecule has 0 saturated heterocycles. The van der Waals surface area contributed by atoms with Gasteiger partial charge in [-0.3, -0.25) is 0 Å². The molecule has 7 nitrogen and oxygen atoms in total. The van der Waals surface area contributed by atoms with Crippen molar-refractivity contribution in [1.82, 2.24) is 4.31 Å². The van der Waals surface area contributed by atoms with Gasteiger partial charge in [0.2, 0.25) is 10.0 Å². The normalized spacial score (nSPS) is 14.1. The minimum absolute atomic E-state index is 0.0726. The molecule has 0 aromatic heterocycles. The first kappa shape index (κ1) is 40.0. The number of aliphatic hydroxyl groups is 1. The highest BCUT2D eigenvalue weighted by Gasteiger charge is 2.50. The average Bonchev–Trinajstić information content (AvgIpc) is 3.13. The number of rotatable bonds is 19. The van der Waals surface area contributed by atoms with Gasteiger partial charge in [-0.15, -0.1) is 6.58 Å². The largest absolute Gasteiger partial charge is 0.497 e. The van der Waals surface area contributed by atoms with Crippen LogP contribution in [0.15, 0.2) is 122 Å². The fourth-order valence-corrected chi connectivity index (χ4v) is 13.6. The van der Waals surface area contributed by atoms with E-state index in [1.807, 2.05) is 91.9 Å². The summed E-state index contributed by atoms with van der Waals surface area (Å²) >= 11 is 0. The van der Waals surface area contributed by atoms with E-state index in [1.54, 1.807) is 20.3 Å². The molecule has 4 aromatic carbocycles. The van der Waals surface area contributed by atoms with Crippen molar-refractivity contribution in [3.63, 3.8) is 0 Å². The molecule has 0 amide bonds. The SMILES string of the molecule is C=CC[C@H](C)[C@@H](C[C@@H](O)CCO[Si](c1ccccc1)(c1ccccc1)C(C)(C)C)S(=O)(=O)N(Cc1ccc(OC)cc1)Cc1ccc(OC)cc1. The summed E-state index contributed by atoms with van der Waals surface area (Å²) in [6.45, 7) is 13.1. The van der Waals surface area contributed by atoms with E-state index in [1.165, 1.54) is 4.31 Å². The molecule has 0 saturated carbocycles. The number of sulfonamides is 1. The van der Waals surface area contributed by atoms with Crippen molar-refractivity contribution in [3.8, 4) is 11.5 Å². The molecule has 0 aliphatic heterocycles. The molecule has 51 heavy (non-hydrogen) atoms. The van der Waals surface area contributed by atoms with Crippen LogP contribution in [0.25, 0.3) is 0 Å². The standard InChI is InChI=1S/C42H55NO6SSi/c1-8-15-33(2)41(50(45,46)43(31-34-20-24-37(47-6)25-21-34)32-35-22-26-38(48-7)27-23-35)30-36(44)28-29-49-51(42(3,4)5,39-16-11-9-12-17-39)40-18-13-10-14-19-40/h8-14,16-27,33,36,41,44H,1,15,28-32H2,2-7H3/t33-,36-,41+/m0/s1. The van der Waals surface area contributed by atoms with Gasteiger partial charge in [0, 0.05) is 19.7 Å². The summed E-state index contributed by atoms with van der Waals surface area (Å²) in [7, 11) is -3.55. The number of hydrogen-bond donors (Lipinski definition) is 1. The first-order valence-corrected chi connectivity index (χ1v) is 21.1. The van der Waals surface area contributed by atoms with Gasteiger partial charge in [0.05, 0.1) is 25.6 Å². The van der Waals surface area contributed by atoms with Crippen LogP contribution in [0.1, 0.15) is 58.1 Å². The molecule has 0 fully saturated rings. The third-order valence-corrected chi connectivity index (χ3v) is 17.1. The van der Waals surface area contributed by atoms with Crippen LogP contribution in [0.3, 0.4) is 0 Å². The Morgan fingerprint density at radius 1 is 0.784 bits per heavy atom. The summed E-state index contributed by atoms with van der Waals surface area (Å²) in [6.07, 6.45) is 1.72. The van der Waals surface area contributed by atoms with Crippen LogP contribution in [0.5, 0.6) is 11.5 Å². The van der Waals surface area contributed by atoms with Gasteiger partial charge < -0.3 is 19.0 Å². The summed E-state index contributed by atoms with van der Waals surface area (Å²) in [5.41, 5.74) is 1.67. The summed E-state index contributed by atoms with van der Waals surface area (Å²) in [5, 5.41) is 12.9. The predicted molar refractivity (Wildman–Crippen MR) is 211 cm³/mol. The summed E-state index contributed by atoms with van der Waals surface area (Å²) < 4.78 is 48.8. The van der Waals surface area contributed by atoms with E-state index in [0.717, 1.165) is 21.5 Å². The van der Waals surface area contributed by atoms with Crippen molar-refractivity contribution in [3.05, 3.63) is 133 Å². The molecule has 0 aliphatic rings. The lowest BCUT2D eigenvalue weighted by molar-refractivity contribution is 0.122. The molecule has 0 heterocycles. The van der Waals surface area contributed by atoms with Crippen LogP contribution in [0, 0.1) is 5.92 Å². The maximum Gasteiger partial charge on any atom is 0.261 e. The number of benzene rings is 4. The minimum atomic E-state index is -3.94. The second-order valence-electron chi connectivity index (χ2n) is 14.2. The molecule has 0 bridgehead atoms. The van der Waals surface area contributed by atoms with Crippen molar-refractivity contribution in [2.45, 2.75) is 76.4 Å². The highest BCUT2D eigenvalue weighted by Crippen LogP contribution is 2.37. The van der Waals surface area contributed by atoms with Gasteiger partial charge in [-0.1, -0.05) is 119 Å². The molecule has 3 atom stereocenters. The number of allylic oxidation sites excluding steroid dienone is 1. The zero-order valence-corrected chi connectivity index (χ0v) is 32.8. The lowest BCUT2D eigenvalue weighted by Gasteiger charge is -2.43. The van der Waals surface area contributed by atoms with Crippen molar-refractivity contribution in [1.29, 1.82) is 0 Å². The van der Waals surface area contributed by atoms with Crippen LogP contribution in [0.4, 0.5) is 0 Å². The van der Waals surface area contributed by atoms with Crippen LogP contribution >= 0.6 is 0 Å². The van der Waals surface area contributed by atoms with Crippen LogP contribution in [0.2, 0.25) is 5.04 Å². The molecule has 4 rings (SSSR count). The molecule has 274 valence electrons. The van der Waals surface area contributed by atoms with Gasteiger partial charge in [0.1, 0.15) is 11.5 Å². The predicted octanol–water partition coefficient (Wildman–Crippen LogP) is 7.33. The summed E-state index contributed by atoms with van der Waals surface area (Å²) in [4.78, 5) is 0. The number of hydrogen-bond acceptors (Lipinski definition) is 6. The Kier molecular flexibility index (Phi) is 14.3. The van der Waals surface area contributed by atoms with E-state index < -0.39 is 29.7 Å². The maximum absolute atomic E-state index is 14.8. The molecule has 0 aliphatic carbocycles. The topological polar surface area (TPSA) is 85.3 Å². The first-order chi connectivity index (χ1) is 24.3. The number of aliphatic hydroxyl groups excluding tert-OH is 1. The Morgan fingerprint density at radius 2 is 1.24 bits per heavy atom. The zero-order valence-electron chi connectivity index (χ0n) is 31.0. The molecule has 9 heteroatoms. The number of ether oxygens (including phenoxy) is 2. The highest BCUT2D eigenvalue weighted by atomic mass is 32.2. The molecule has 0 spiro atoms. The van der Waals surface area contributed by atoms with E-state index in [2.05, 4.69) is 51.6 Å². The molecule has 0 unspecified atom stereocenters. The van der Waals surface area contributed by atoms with Gasteiger partial charge >= 0.3 is 0 Å².